The molecule has 33 heavy (non-hydrogen) atoms. The zero-order valence-corrected chi connectivity index (χ0v) is 19.3. The number of benzene rings is 2. The molecule has 0 saturated carbocycles. The summed E-state index contributed by atoms with van der Waals surface area (Å²) in [5, 5.41) is 18.2. The Labute approximate surface area is 192 Å². The van der Waals surface area contributed by atoms with Gasteiger partial charge in [-0.3, -0.25) is 4.79 Å². The summed E-state index contributed by atoms with van der Waals surface area (Å²) in [4.78, 5) is 13.5. The van der Waals surface area contributed by atoms with Crippen LogP contribution in [0.2, 0.25) is 0 Å². The lowest BCUT2D eigenvalue weighted by Crippen LogP contribution is -2.31. The Balaban J connectivity index is 1.73. The van der Waals surface area contributed by atoms with Gasteiger partial charge in [0, 0.05) is 11.4 Å². The molecule has 1 aliphatic heterocycles. The van der Waals surface area contributed by atoms with Gasteiger partial charge in [0.2, 0.25) is 5.95 Å². The minimum absolute atomic E-state index is 0.234. The molecule has 0 fully saturated rings. The van der Waals surface area contributed by atoms with Crippen LogP contribution in [-0.2, 0) is 4.79 Å². The van der Waals surface area contributed by atoms with E-state index in [1.807, 2.05) is 56.3 Å². The number of aryl methyl sites for hydroxylation is 1. The summed E-state index contributed by atoms with van der Waals surface area (Å²) in [6.45, 7) is 6.52. The SMILES string of the molecule is CCCCOc1ccc(C2C(C(=O)Nc3ccccc3C)=C(C)Nc3nnnn32)cc1OC. The van der Waals surface area contributed by atoms with Gasteiger partial charge in [0.15, 0.2) is 11.5 Å². The Morgan fingerprint density at radius 2 is 2.00 bits per heavy atom. The summed E-state index contributed by atoms with van der Waals surface area (Å²) in [6, 6.07) is 12.8. The third kappa shape index (κ3) is 4.52. The number of nitrogens with zero attached hydrogens (tertiary/aromatic N) is 4. The molecule has 9 heteroatoms. The van der Waals surface area contributed by atoms with Crippen LogP contribution in [0, 0.1) is 6.92 Å². The van der Waals surface area contributed by atoms with E-state index < -0.39 is 6.04 Å². The first-order chi connectivity index (χ1) is 16.0. The summed E-state index contributed by atoms with van der Waals surface area (Å²) >= 11 is 0. The number of ether oxygens (including phenoxy) is 2. The van der Waals surface area contributed by atoms with Crippen molar-refractivity contribution in [1.82, 2.24) is 20.2 Å². The highest BCUT2D eigenvalue weighted by atomic mass is 16.5. The van der Waals surface area contributed by atoms with E-state index in [9.17, 15) is 4.79 Å². The Kier molecular flexibility index (Phi) is 6.58. The highest BCUT2D eigenvalue weighted by molar-refractivity contribution is 6.06. The number of anilines is 2. The highest BCUT2D eigenvalue weighted by Crippen LogP contribution is 2.38. The molecule has 1 atom stereocenters. The fourth-order valence-electron chi connectivity index (χ4n) is 3.82. The predicted octanol–water partition coefficient (Wildman–Crippen LogP) is 4.10. The van der Waals surface area contributed by atoms with E-state index in [1.54, 1.807) is 11.8 Å². The molecule has 1 aromatic heterocycles. The van der Waals surface area contributed by atoms with Crippen molar-refractivity contribution in [2.24, 2.45) is 0 Å². The maximum Gasteiger partial charge on any atom is 0.255 e. The Bertz CT molecular complexity index is 1190. The summed E-state index contributed by atoms with van der Waals surface area (Å²) in [5.41, 5.74) is 3.72. The molecule has 2 aromatic carbocycles. The number of nitrogens with one attached hydrogen (secondary N) is 2. The van der Waals surface area contributed by atoms with Gasteiger partial charge in [-0.05, 0) is 60.0 Å². The molecule has 0 bridgehead atoms. The van der Waals surface area contributed by atoms with Crippen molar-refractivity contribution in [2.75, 3.05) is 24.4 Å². The summed E-state index contributed by atoms with van der Waals surface area (Å²) in [5.74, 6) is 1.48. The molecule has 4 rings (SSSR count). The van der Waals surface area contributed by atoms with Crippen molar-refractivity contribution in [2.45, 2.75) is 39.7 Å². The molecule has 3 aromatic rings. The summed E-state index contributed by atoms with van der Waals surface area (Å²) in [6.07, 6.45) is 2.00. The average molecular weight is 449 g/mol. The number of hydrogen-bond acceptors (Lipinski definition) is 7. The zero-order chi connectivity index (χ0) is 23.4. The van der Waals surface area contributed by atoms with E-state index in [2.05, 4.69) is 33.1 Å². The number of tetrazole rings is 1. The largest absolute Gasteiger partial charge is 0.493 e. The second kappa shape index (κ2) is 9.72. The maximum absolute atomic E-state index is 13.5. The van der Waals surface area contributed by atoms with Gasteiger partial charge in [0.05, 0.1) is 19.3 Å². The lowest BCUT2D eigenvalue weighted by molar-refractivity contribution is -0.113. The van der Waals surface area contributed by atoms with Crippen LogP contribution in [0.1, 0.15) is 43.9 Å². The van der Waals surface area contributed by atoms with Gasteiger partial charge >= 0.3 is 0 Å². The van der Waals surface area contributed by atoms with Gasteiger partial charge in [-0.2, -0.15) is 4.68 Å². The monoisotopic (exact) mass is 448 g/mol. The highest BCUT2D eigenvalue weighted by Gasteiger charge is 2.34. The van der Waals surface area contributed by atoms with Crippen LogP contribution in [0.5, 0.6) is 11.5 Å². The molecule has 0 aliphatic carbocycles. The molecule has 0 saturated heterocycles. The Morgan fingerprint density at radius 1 is 1.18 bits per heavy atom. The van der Waals surface area contributed by atoms with Crippen molar-refractivity contribution >= 4 is 17.5 Å². The first-order valence-electron chi connectivity index (χ1n) is 11.0. The Hall–Kier alpha value is -3.88. The Morgan fingerprint density at radius 3 is 2.76 bits per heavy atom. The van der Waals surface area contributed by atoms with E-state index in [0.29, 0.717) is 35.3 Å². The topological polar surface area (TPSA) is 103 Å². The molecule has 9 nitrogen and oxygen atoms in total. The van der Waals surface area contributed by atoms with Crippen molar-refractivity contribution in [3.63, 3.8) is 0 Å². The first-order valence-corrected chi connectivity index (χ1v) is 11.0. The van der Waals surface area contributed by atoms with Crippen molar-refractivity contribution in [3.05, 3.63) is 64.9 Å². The number of fused-ring (bicyclic) bond motifs is 1. The third-order valence-corrected chi connectivity index (χ3v) is 5.61. The van der Waals surface area contributed by atoms with Crippen LogP contribution >= 0.6 is 0 Å². The molecule has 1 aliphatic rings. The van der Waals surface area contributed by atoms with Crippen LogP contribution < -0.4 is 20.1 Å². The number of allylic oxidation sites excluding steroid dienone is 1. The number of hydrogen-bond donors (Lipinski definition) is 2. The summed E-state index contributed by atoms with van der Waals surface area (Å²) in [7, 11) is 1.60. The van der Waals surface area contributed by atoms with Crippen LogP contribution in [0.3, 0.4) is 0 Å². The van der Waals surface area contributed by atoms with E-state index in [0.717, 1.165) is 29.7 Å². The maximum atomic E-state index is 13.5. The molecule has 172 valence electrons. The number of unbranched alkanes of at least 4 members (excludes halogenated alkanes) is 1. The van der Waals surface area contributed by atoms with Crippen LogP contribution in [-0.4, -0.2) is 39.8 Å². The molecule has 2 heterocycles. The minimum Gasteiger partial charge on any atom is -0.493 e. The smallest absolute Gasteiger partial charge is 0.255 e. The second-order valence-electron chi connectivity index (χ2n) is 7.89. The van der Waals surface area contributed by atoms with Gasteiger partial charge < -0.3 is 20.1 Å². The van der Waals surface area contributed by atoms with Gasteiger partial charge in [0.1, 0.15) is 6.04 Å². The van der Waals surface area contributed by atoms with Crippen LogP contribution in [0.15, 0.2) is 53.7 Å². The molecular weight excluding hydrogens is 420 g/mol. The van der Waals surface area contributed by atoms with Gasteiger partial charge in [-0.1, -0.05) is 42.7 Å². The molecule has 1 unspecified atom stereocenters. The molecule has 0 radical (unpaired) electrons. The zero-order valence-electron chi connectivity index (χ0n) is 19.3. The number of methoxy groups -OCH3 is 1. The molecule has 0 spiro atoms. The van der Waals surface area contributed by atoms with Crippen molar-refractivity contribution < 1.29 is 14.3 Å². The number of aromatic nitrogens is 4. The first kappa shape index (κ1) is 22.3. The lowest BCUT2D eigenvalue weighted by atomic mass is 9.94. The van der Waals surface area contributed by atoms with Crippen molar-refractivity contribution in [1.29, 1.82) is 0 Å². The third-order valence-electron chi connectivity index (χ3n) is 5.61. The second-order valence-corrected chi connectivity index (χ2v) is 7.89. The van der Waals surface area contributed by atoms with E-state index in [4.69, 9.17) is 9.47 Å². The quantitative estimate of drug-likeness (QED) is 0.500. The van der Waals surface area contributed by atoms with Gasteiger partial charge in [0.25, 0.3) is 5.91 Å². The predicted molar refractivity (Wildman–Crippen MR) is 125 cm³/mol. The fraction of sp³-hybridized carbons (Fsp3) is 0.333. The number of carbonyl (C=O) groups excluding carboxylic acids is 1. The lowest BCUT2D eigenvalue weighted by Gasteiger charge is -2.28. The van der Waals surface area contributed by atoms with Crippen molar-refractivity contribution in [3.8, 4) is 11.5 Å². The number of para-hydroxylation sites is 1. The molecule has 2 N–H and O–H groups in total. The number of carbonyl (C=O) groups is 1. The minimum atomic E-state index is -0.543. The summed E-state index contributed by atoms with van der Waals surface area (Å²) < 4.78 is 13.1. The fourth-order valence-corrected chi connectivity index (χ4v) is 3.82. The average Bonchev–Trinajstić information content (AvgIpc) is 3.28. The van der Waals surface area contributed by atoms with E-state index >= 15 is 0 Å². The van der Waals surface area contributed by atoms with Gasteiger partial charge in [-0.25, -0.2) is 0 Å². The molecular formula is C24H28N6O3. The van der Waals surface area contributed by atoms with E-state index in [1.165, 1.54) is 0 Å². The number of amides is 1. The molecule has 1 amide bonds. The van der Waals surface area contributed by atoms with Gasteiger partial charge in [-0.15, -0.1) is 0 Å². The van der Waals surface area contributed by atoms with E-state index in [-0.39, 0.29) is 5.91 Å². The van der Waals surface area contributed by atoms with Crippen LogP contribution in [0.25, 0.3) is 0 Å². The number of rotatable bonds is 8. The van der Waals surface area contributed by atoms with Crippen LogP contribution in [0.4, 0.5) is 11.6 Å². The standard InChI is InChI=1S/C24H28N6O3/c1-5-6-13-33-19-12-11-17(14-20(19)32-4)22-21(16(3)25-24-27-28-29-30(22)24)23(31)26-18-10-8-7-9-15(18)2/h7-12,14,22H,5-6,13H2,1-4H3,(H,26,31)(H,25,27,29). The normalized spacial score (nSPS) is 15.0.